The fraction of sp³-hybridized carbons (Fsp3) is 0.300. The Hall–Kier alpha value is -2.87. The summed E-state index contributed by atoms with van der Waals surface area (Å²) in [5.41, 5.74) is 2.26. The molecule has 1 atom stereocenters. The molecule has 0 spiro atoms. The van der Waals surface area contributed by atoms with Gasteiger partial charge in [-0.05, 0) is 55.7 Å². The zero-order valence-corrected chi connectivity index (χ0v) is 16.5. The maximum absolute atomic E-state index is 12.4. The topological polar surface area (TPSA) is 92.8 Å². The average molecular weight is 402 g/mol. The summed E-state index contributed by atoms with van der Waals surface area (Å²) >= 11 is 0. The molecule has 8 heteroatoms. The van der Waals surface area contributed by atoms with Crippen LogP contribution in [0.3, 0.4) is 0 Å². The predicted molar refractivity (Wildman–Crippen MR) is 107 cm³/mol. The van der Waals surface area contributed by atoms with Crippen molar-refractivity contribution < 1.29 is 22.7 Å². The maximum Gasteiger partial charge on any atom is 0.338 e. The second-order valence-electron chi connectivity index (χ2n) is 6.68. The van der Waals surface area contributed by atoms with Crippen LogP contribution in [0.5, 0.6) is 0 Å². The number of carbonyl (C=O) groups excluding carboxylic acids is 2. The number of benzene rings is 2. The van der Waals surface area contributed by atoms with Gasteiger partial charge in [-0.3, -0.25) is 9.10 Å². The Kier molecular flexibility index (Phi) is 5.69. The van der Waals surface area contributed by atoms with E-state index in [9.17, 15) is 18.0 Å². The van der Waals surface area contributed by atoms with Crippen LogP contribution in [0.4, 0.5) is 11.4 Å². The molecule has 2 aromatic rings. The third-order valence-electron chi connectivity index (χ3n) is 4.49. The number of ether oxygens (including phenoxy) is 1. The summed E-state index contributed by atoms with van der Waals surface area (Å²) < 4.78 is 30.5. The van der Waals surface area contributed by atoms with Crippen molar-refractivity contribution >= 4 is 33.3 Å². The standard InChI is InChI=1S/C20H22N2O5S/c1-14(19(23)21-17-8-4-3-5-9-17)27-20(24)16-10-11-18-15(13-16)7-6-12-22(18)28(2,25)26/h3-5,8-11,13-14H,6-7,12H2,1-2H3,(H,21,23)/t14-/m1/s1. The molecule has 0 aliphatic carbocycles. The smallest absolute Gasteiger partial charge is 0.338 e. The number of carbonyl (C=O) groups is 2. The molecule has 1 amide bonds. The number of anilines is 2. The van der Waals surface area contributed by atoms with E-state index >= 15 is 0 Å². The van der Waals surface area contributed by atoms with Gasteiger partial charge in [0, 0.05) is 12.2 Å². The first-order valence-electron chi connectivity index (χ1n) is 8.93. The fourth-order valence-corrected chi connectivity index (χ4v) is 4.08. The molecule has 1 N–H and O–H groups in total. The van der Waals surface area contributed by atoms with E-state index < -0.39 is 28.0 Å². The molecule has 0 radical (unpaired) electrons. The van der Waals surface area contributed by atoms with Crippen molar-refractivity contribution in [2.45, 2.75) is 25.9 Å². The van der Waals surface area contributed by atoms with E-state index in [-0.39, 0.29) is 5.56 Å². The van der Waals surface area contributed by atoms with Crippen LogP contribution in [-0.2, 0) is 26.0 Å². The first-order valence-corrected chi connectivity index (χ1v) is 10.8. The molecule has 1 aliphatic rings. The van der Waals surface area contributed by atoms with Crippen molar-refractivity contribution in [1.29, 1.82) is 0 Å². The minimum atomic E-state index is -3.37. The number of rotatable bonds is 5. The number of aryl methyl sites for hydroxylation is 1. The Morgan fingerprint density at radius 2 is 1.86 bits per heavy atom. The monoisotopic (exact) mass is 402 g/mol. The molecular weight excluding hydrogens is 380 g/mol. The van der Waals surface area contributed by atoms with Gasteiger partial charge in [-0.15, -0.1) is 0 Å². The highest BCUT2D eigenvalue weighted by Gasteiger charge is 2.26. The third-order valence-corrected chi connectivity index (χ3v) is 5.67. The van der Waals surface area contributed by atoms with Gasteiger partial charge >= 0.3 is 5.97 Å². The number of hydrogen-bond acceptors (Lipinski definition) is 5. The van der Waals surface area contributed by atoms with Gasteiger partial charge in [0.05, 0.1) is 17.5 Å². The Morgan fingerprint density at radius 1 is 1.14 bits per heavy atom. The SMILES string of the molecule is C[C@@H](OC(=O)c1ccc2c(c1)CCCN2S(C)(=O)=O)C(=O)Nc1ccccc1. The lowest BCUT2D eigenvalue weighted by atomic mass is 10.0. The van der Waals surface area contributed by atoms with Crippen LogP contribution >= 0.6 is 0 Å². The lowest BCUT2D eigenvalue weighted by Gasteiger charge is -2.29. The van der Waals surface area contributed by atoms with E-state index in [0.29, 0.717) is 30.8 Å². The summed E-state index contributed by atoms with van der Waals surface area (Å²) in [4.78, 5) is 24.6. The van der Waals surface area contributed by atoms with Crippen molar-refractivity contribution in [3.05, 3.63) is 59.7 Å². The molecule has 2 aromatic carbocycles. The summed E-state index contributed by atoms with van der Waals surface area (Å²) in [6, 6.07) is 13.7. The lowest BCUT2D eigenvalue weighted by Crippen LogP contribution is -2.34. The number of amides is 1. The number of nitrogens with zero attached hydrogens (tertiary/aromatic N) is 1. The van der Waals surface area contributed by atoms with E-state index in [1.807, 2.05) is 6.07 Å². The van der Waals surface area contributed by atoms with Gasteiger partial charge in [0.1, 0.15) is 0 Å². The quantitative estimate of drug-likeness (QED) is 0.776. The molecular formula is C20H22N2O5S. The normalized spacial score (nSPS) is 14.7. The van der Waals surface area contributed by atoms with E-state index in [2.05, 4.69) is 5.32 Å². The van der Waals surface area contributed by atoms with E-state index in [0.717, 1.165) is 11.8 Å². The molecule has 1 aliphatic heterocycles. The summed E-state index contributed by atoms with van der Waals surface area (Å²) in [6.07, 6.45) is 1.54. The zero-order valence-electron chi connectivity index (χ0n) is 15.7. The Bertz CT molecular complexity index is 989. The molecule has 3 rings (SSSR count). The van der Waals surface area contributed by atoms with Gasteiger partial charge in [-0.25, -0.2) is 13.2 Å². The number of para-hydroxylation sites is 1. The average Bonchev–Trinajstić information content (AvgIpc) is 2.67. The fourth-order valence-electron chi connectivity index (χ4n) is 3.08. The number of sulfonamides is 1. The van der Waals surface area contributed by atoms with Crippen LogP contribution in [0.15, 0.2) is 48.5 Å². The van der Waals surface area contributed by atoms with Gasteiger partial charge in [-0.2, -0.15) is 0 Å². The van der Waals surface area contributed by atoms with Crippen LogP contribution in [0.25, 0.3) is 0 Å². The van der Waals surface area contributed by atoms with Gasteiger partial charge in [-0.1, -0.05) is 18.2 Å². The number of fused-ring (bicyclic) bond motifs is 1. The minimum absolute atomic E-state index is 0.286. The molecule has 28 heavy (non-hydrogen) atoms. The van der Waals surface area contributed by atoms with E-state index in [4.69, 9.17) is 4.74 Å². The number of hydrogen-bond donors (Lipinski definition) is 1. The van der Waals surface area contributed by atoms with Crippen LogP contribution in [0.2, 0.25) is 0 Å². The van der Waals surface area contributed by atoms with Crippen molar-refractivity contribution in [1.82, 2.24) is 0 Å². The molecule has 0 saturated heterocycles. The third kappa shape index (κ3) is 4.51. The highest BCUT2D eigenvalue weighted by Crippen LogP contribution is 2.30. The Morgan fingerprint density at radius 3 is 2.54 bits per heavy atom. The van der Waals surface area contributed by atoms with Crippen molar-refractivity contribution in [3.63, 3.8) is 0 Å². The first-order chi connectivity index (χ1) is 13.3. The highest BCUT2D eigenvalue weighted by molar-refractivity contribution is 7.92. The van der Waals surface area contributed by atoms with Crippen LogP contribution in [0.1, 0.15) is 29.3 Å². The lowest BCUT2D eigenvalue weighted by molar-refractivity contribution is -0.123. The van der Waals surface area contributed by atoms with Crippen molar-refractivity contribution in [2.24, 2.45) is 0 Å². The van der Waals surface area contributed by atoms with Gasteiger partial charge in [0.25, 0.3) is 5.91 Å². The molecule has 1 heterocycles. The molecule has 0 bridgehead atoms. The highest BCUT2D eigenvalue weighted by atomic mass is 32.2. The van der Waals surface area contributed by atoms with Crippen molar-refractivity contribution in [3.8, 4) is 0 Å². The Labute approximate surface area is 164 Å². The summed E-state index contributed by atoms with van der Waals surface area (Å²) in [5, 5.41) is 2.68. The zero-order chi connectivity index (χ0) is 20.3. The van der Waals surface area contributed by atoms with Gasteiger partial charge in [0.15, 0.2) is 6.10 Å². The predicted octanol–water partition coefficient (Wildman–Crippen LogP) is 2.58. The summed E-state index contributed by atoms with van der Waals surface area (Å²) in [5.74, 6) is -1.06. The maximum atomic E-state index is 12.4. The van der Waals surface area contributed by atoms with Gasteiger partial charge < -0.3 is 10.1 Å². The molecule has 0 saturated carbocycles. The van der Waals surface area contributed by atoms with E-state index in [1.54, 1.807) is 36.4 Å². The first kappa shape index (κ1) is 19.9. The number of nitrogens with one attached hydrogen (secondary N) is 1. The molecule has 0 unspecified atom stereocenters. The molecule has 0 fully saturated rings. The van der Waals surface area contributed by atoms with Crippen LogP contribution in [-0.4, -0.2) is 39.2 Å². The van der Waals surface area contributed by atoms with Crippen LogP contribution in [0, 0.1) is 0 Å². The minimum Gasteiger partial charge on any atom is -0.449 e. The second kappa shape index (κ2) is 8.02. The molecule has 148 valence electrons. The van der Waals surface area contributed by atoms with E-state index in [1.165, 1.54) is 17.3 Å². The van der Waals surface area contributed by atoms with Crippen molar-refractivity contribution in [2.75, 3.05) is 22.4 Å². The molecule has 7 nitrogen and oxygen atoms in total. The summed E-state index contributed by atoms with van der Waals surface area (Å²) in [6.45, 7) is 1.92. The van der Waals surface area contributed by atoms with Gasteiger partial charge in [0.2, 0.25) is 10.0 Å². The molecule has 0 aromatic heterocycles. The summed E-state index contributed by atoms with van der Waals surface area (Å²) in [7, 11) is -3.37. The number of esters is 1. The van der Waals surface area contributed by atoms with Crippen LogP contribution < -0.4 is 9.62 Å². The second-order valence-corrected chi connectivity index (χ2v) is 8.59. The largest absolute Gasteiger partial charge is 0.449 e. The Balaban J connectivity index is 1.70.